The number of hydrogen-bond acceptors (Lipinski definition) is 9. The predicted octanol–water partition coefficient (Wildman–Crippen LogP) is 1.34. The SMILES string of the molecule is N#CC1CSCN1CCNN([O-])C1CCN(CC(=O)Nc2cccnc2Cl)CC1. The molecule has 2 fully saturated rings. The van der Waals surface area contributed by atoms with Gasteiger partial charge in [-0.1, -0.05) is 11.6 Å². The van der Waals surface area contributed by atoms with Gasteiger partial charge in [0.1, 0.15) is 6.04 Å². The molecule has 0 bridgehead atoms. The van der Waals surface area contributed by atoms with Gasteiger partial charge >= 0.3 is 0 Å². The molecule has 1 aromatic heterocycles. The van der Waals surface area contributed by atoms with Crippen LogP contribution in [0.2, 0.25) is 5.15 Å². The summed E-state index contributed by atoms with van der Waals surface area (Å²) in [5, 5.41) is 25.4. The number of nitrogens with zero attached hydrogens (tertiary/aromatic N) is 5. The highest BCUT2D eigenvalue weighted by atomic mass is 35.5. The molecule has 1 aromatic rings. The molecule has 3 rings (SSSR count). The second-order valence-corrected chi connectivity index (χ2v) is 8.45. The first-order valence-electron chi connectivity index (χ1n) is 9.61. The molecule has 29 heavy (non-hydrogen) atoms. The summed E-state index contributed by atoms with van der Waals surface area (Å²) < 4.78 is 0. The van der Waals surface area contributed by atoms with Crippen molar-refractivity contribution < 1.29 is 4.79 Å². The van der Waals surface area contributed by atoms with E-state index in [2.05, 4.69) is 26.7 Å². The van der Waals surface area contributed by atoms with Crippen molar-refractivity contribution in [3.63, 3.8) is 0 Å². The van der Waals surface area contributed by atoms with E-state index in [0.717, 1.165) is 16.8 Å². The minimum atomic E-state index is -0.147. The molecule has 1 amide bonds. The molecule has 2 aliphatic heterocycles. The second kappa shape index (κ2) is 11.1. The third kappa shape index (κ3) is 6.52. The van der Waals surface area contributed by atoms with E-state index in [-0.39, 0.29) is 29.7 Å². The van der Waals surface area contributed by atoms with Crippen molar-refractivity contribution in [3.8, 4) is 6.07 Å². The number of aromatic nitrogens is 1. The standard InChI is InChI=1S/C18H25ClN7O2S/c19-18-16(2-1-5-21-18)23-17(27)11-24-7-3-14(4-8-24)26(28)22-6-9-25-13-29-12-15(25)10-20/h1-2,5,14-15,22H,3-4,6-9,11-13H2,(H,23,27)/q-1. The molecule has 0 aromatic carbocycles. The van der Waals surface area contributed by atoms with E-state index < -0.39 is 0 Å². The van der Waals surface area contributed by atoms with Gasteiger partial charge in [-0.2, -0.15) is 5.26 Å². The Morgan fingerprint density at radius 3 is 3.00 bits per heavy atom. The number of hydrogen-bond donors (Lipinski definition) is 2. The van der Waals surface area contributed by atoms with Crippen LogP contribution in [-0.4, -0.2) is 82.3 Å². The Kier molecular flexibility index (Phi) is 8.50. The van der Waals surface area contributed by atoms with Crippen molar-refractivity contribution in [2.45, 2.75) is 24.9 Å². The molecule has 0 aliphatic carbocycles. The maximum absolute atomic E-state index is 12.3. The number of piperidine rings is 1. The van der Waals surface area contributed by atoms with Crippen LogP contribution in [0.15, 0.2) is 18.3 Å². The van der Waals surface area contributed by atoms with Crippen LogP contribution in [-0.2, 0) is 4.79 Å². The lowest BCUT2D eigenvalue weighted by Crippen LogP contribution is -2.50. The first-order valence-corrected chi connectivity index (χ1v) is 11.1. The number of thioether (sulfide) groups is 1. The van der Waals surface area contributed by atoms with E-state index in [1.807, 2.05) is 4.90 Å². The van der Waals surface area contributed by atoms with Crippen molar-refractivity contribution in [1.82, 2.24) is 25.4 Å². The van der Waals surface area contributed by atoms with Gasteiger partial charge in [-0.3, -0.25) is 20.0 Å². The molecule has 11 heteroatoms. The third-order valence-electron chi connectivity index (χ3n) is 5.08. The van der Waals surface area contributed by atoms with Gasteiger partial charge in [-0.25, -0.2) is 4.98 Å². The maximum Gasteiger partial charge on any atom is 0.238 e. The Hall–Kier alpha value is -1.45. The number of carbonyl (C=O) groups excluding carboxylic acids is 1. The van der Waals surface area contributed by atoms with Crippen LogP contribution in [0.25, 0.3) is 0 Å². The van der Waals surface area contributed by atoms with Gasteiger partial charge in [-0.15, -0.1) is 11.8 Å². The number of hydrazine groups is 1. The minimum Gasteiger partial charge on any atom is -0.771 e. The number of rotatable bonds is 8. The predicted molar refractivity (Wildman–Crippen MR) is 114 cm³/mol. The van der Waals surface area contributed by atoms with Gasteiger partial charge < -0.3 is 15.7 Å². The molecule has 2 saturated heterocycles. The molecule has 158 valence electrons. The van der Waals surface area contributed by atoms with Crippen LogP contribution in [0.1, 0.15) is 12.8 Å². The van der Waals surface area contributed by atoms with Crippen LogP contribution in [0.5, 0.6) is 0 Å². The molecular weight excluding hydrogens is 414 g/mol. The molecule has 1 atom stereocenters. The van der Waals surface area contributed by atoms with Gasteiger partial charge in [0.25, 0.3) is 0 Å². The highest BCUT2D eigenvalue weighted by Gasteiger charge is 2.25. The number of nitriles is 1. The smallest absolute Gasteiger partial charge is 0.238 e. The summed E-state index contributed by atoms with van der Waals surface area (Å²) in [6, 6.07) is 5.55. The Morgan fingerprint density at radius 2 is 2.28 bits per heavy atom. The lowest BCUT2D eigenvalue weighted by atomic mass is 10.1. The van der Waals surface area contributed by atoms with Crippen LogP contribution in [0, 0.1) is 16.5 Å². The van der Waals surface area contributed by atoms with Crippen LogP contribution >= 0.6 is 23.4 Å². The van der Waals surface area contributed by atoms with Crippen molar-refractivity contribution in [2.75, 3.05) is 49.7 Å². The van der Waals surface area contributed by atoms with Gasteiger partial charge in [0.05, 0.1) is 18.3 Å². The fourth-order valence-corrected chi connectivity index (χ4v) is 4.76. The second-order valence-electron chi connectivity index (χ2n) is 7.09. The van der Waals surface area contributed by atoms with Crippen LogP contribution < -0.4 is 10.7 Å². The van der Waals surface area contributed by atoms with Crippen LogP contribution in [0.4, 0.5) is 5.69 Å². The molecule has 2 aliphatic rings. The largest absolute Gasteiger partial charge is 0.771 e. The van der Waals surface area contributed by atoms with Gasteiger partial charge in [0.15, 0.2) is 5.15 Å². The quantitative estimate of drug-likeness (QED) is 0.458. The number of carbonyl (C=O) groups is 1. The van der Waals surface area contributed by atoms with Crippen molar-refractivity contribution >= 4 is 35.0 Å². The molecule has 9 nitrogen and oxygen atoms in total. The van der Waals surface area contributed by atoms with E-state index in [1.54, 1.807) is 30.1 Å². The Morgan fingerprint density at radius 1 is 1.48 bits per heavy atom. The van der Waals surface area contributed by atoms with Crippen molar-refractivity contribution in [2.24, 2.45) is 0 Å². The van der Waals surface area contributed by atoms with E-state index in [9.17, 15) is 10.0 Å². The third-order valence-corrected chi connectivity index (χ3v) is 6.45. The monoisotopic (exact) mass is 438 g/mol. The summed E-state index contributed by atoms with van der Waals surface area (Å²) in [6.07, 6.45) is 2.95. The van der Waals surface area contributed by atoms with Gasteiger partial charge in [-0.05, 0) is 25.0 Å². The number of hydroxylamine groups is 1. The first-order chi connectivity index (χ1) is 14.1. The summed E-state index contributed by atoms with van der Waals surface area (Å²) >= 11 is 7.70. The highest BCUT2D eigenvalue weighted by Crippen LogP contribution is 2.20. The average Bonchev–Trinajstić information content (AvgIpc) is 3.17. The number of anilines is 1. The minimum absolute atomic E-state index is 0.0576. The molecule has 0 saturated carbocycles. The van der Waals surface area contributed by atoms with E-state index in [0.29, 0.717) is 44.7 Å². The average molecular weight is 439 g/mol. The summed E-state index contributed by atoms with van der Waals surface area (Å²) in [4.78, 5) is 20.3. The Bertz CT molecular complexity index is 726. The normalized spacial score (nSPS) is 21.4. The van der Waals surface area contributed by atoms with E-state index in [4.69, 9.17) is 16.9 Å². The first kappa shape index (κ1) is 22.2. The molecule has 1 unspecified atom stereocenters. The maximum atomic E-state index is 12.3. The molecular formula is C18H25ClN7O2S-. The Balaban J connectivity index is 1.33. The lowest BCUT2D eigenvalue weighted by Gasteiger charge is -2.42. The number of pyridine rings is 1. The summed E-state index contributed by atoms with van der Waals surface area (Å²) in [5.74, 6) is 1.52. The zero-order valence-electron chi connectivity index (χ0n) is 16.1. The zero-order chi connectivity index (χ0) is 20.6. The number of halogens is 1. The molecule has 2 N–H and O–H groups in total. The fourth-order valence-electron chi connectivity index (χ4n) is 3.43. The Labute approximate surface area is 179 Å². The number of nitrogens with one attached hydrogen (secondary N) is 2. The van der Waals surface area contributed by atoms with Gasteiger partial charge in [0, 0.05) is 50.0 Å². The lowest BCUT2D eigenvalue weighted by molar-refractivity contribution is -0.117. The summed E-state index contributed by atoms with van der Waals surface area (Å²) in [5.41, 5.74) is 3.42. The summed E-state index contributed by atoms with van der Waals surface area (Å²) in [6.45, 7) is 2.82. The van der Waals surface area contributed by atoms with Crippen molar-refractivity contribution in [1.29, 1.82) is 5.26 Å². The van der Waals surface area contributed by atoms with Crippen LogP contribution in [0.3, 0.4) is 0 Å². The van der Waals surface area contributed by atoms with E-state index in [1.165, 1.54) is 0 Å². The fraction of sp³-hybridized carbons (Fsp3) is 0.611. The molecule has 0 radical (unpaired) electrons. The topological polar surface area (TPSA) is 111 Å². The molecule has 3 heterocycles. The van der Waals surface area contributed by atoms with E-state index >= 15 is 0 Å². The summed E-state index contributed by atoms with van der Waals surface area (Å²) in [7, 11) is 0. The number of likely N-dealkylation sites (tertiary alicyclic amines) is 1. The molecule has 0 spiro atoms. The van der Waals surface area contributed by atoms with Crippen molar-refractivity contribution in [3.05, 3.63) is 28.7 Å². The van der Waals surface area contributed by atoms with Gasteiger partial charge in [0.2, 0.25) is 5.91 Å². The number of amides is 1. The highest BCUT2D eigenvalue weighted by molar-refractivity contribution is 7.99. The zero-order valence-corrected chi connectivity index (χ0v) is 17.7.